The van der Waals surface area contributed by atoms with Crippen LogP contribution in [0, 0.1) is 24.5 Å². The van der Waals surface area contributed by atoms with Crippen molar-refractivity contribution >= 4 is 0 Å². The first-order valence-electron chi connectivity index (χ1n) is 8.34. The van der Waals surface area contributed by atoms with Crippen LogP contribution in [0.1, 0.15) is 56.6 Å². The maximum Gasteiger partial charge on any atom is 0.201 e. The summed E-state index contributed by atoms with van der Waals surface area (Å²) in [5.74, 6) is -0.713. The van der Waals surface area contributed by atoms with Crippen LogP contribution >= 0.6 is 0 Å². The summed E-state index contributed by atoms with van der Waals surface area (Å²) in [5.41, 5.74) is 2.67. The van der Waals surface area contributed by atoms with Gasteiger partial charge in [-0.25, -0.2) is 4.39 Å². The summed E-state index contributed by atoms with van der Waals surface area (Å²) < 4.78 is 33.5. The lowest BCUT2D eigenvalue weighted by Crippen LogP contribution is -2.25. The van der Waals surface area contributed by atoms with E-state index >= 15 is 0 Å². The summed E-state index contributed by atoms with van der Waals surface area (Å²) in [5, 5.41) is 0. The Bertz CT molecular complexity index is 592. The molecule has 0 fully saturated rings. The van der Waals surface area contributed by atoms with Crippen LogP contribution in [-0.2, 0) is 6.42 Å². The van der Waals surface area contributed by atoms with Gasteiger partial charge in [0.15, 0.2) is 11.6 Å². The third-order valence-corrected chi connectivity index (χ3v) is 5.08. The molecule has 0 aromatic heterocycles. The molecule has 0 amide bonds. The highest BCUT2D eigenvalue weighted by Gasteiger charge is 2.26. The van der Waals surface area contributed by atoms with Crippen molar-refractivity contribution < 1.29 is 13.5 Å². The highest BCUT2D eigenvalue weighted by Crippen LogP contribution is 2.35. The molecule has 1 aliphatic carbocycles. The Balaban J connectivity index is 1.61. The first-order chi connectivity index (χ1) is 10.5. The second-order valence-electron chi connectivity index (χ2n) is 6.86. The molecule has 2 atom stereocenters. The number of fused-ring (bicyclic) bond motifs is 1. The summed E-state index contributed by atoms with van der Waals surface area (Å²) in [6.07, 6.45) is 9.68. The monoisotopic (exact) mass is 306 g/mol. The summed E-state index contributed by atoms with van der Waals surface area (Å²) in [6.45, 7) is 3.79. The number of aryl methyl sites for hydroxylation is 2. The van der Waals surface area contributed by atoms with Crippen molar-refractivity contribution in [1.82, 2.24) is 0 Å². The Hall–Kier alpha value is -1.38. The standard InChI is InChI=1S/C19H24F2O/c1-12-3-5-14(6-4-12)7-9-16-10-8-15-11-13(2)17(20)18(21)19(15)22-16/h3,11,14,16H,4-10H2,1-2H3. The second-order valence-corrected chi connectivity index (χ2v) is 6.86. The van der Waals surface area contributed by atoms with Gasteiger partial charge in [0.1, 0.15) is 0 Å². The molecule has 2 unspecified atom stereocenters. The molecule has 120 valence electrons. The molecule has 3 heteroatoms. The minimum absolute atomic E-state index is 0.0242. The van der Waals surface area contributed by atoms with Crippen LogP contribution in [0.25, 0.3) is 0 Å². The molecule has 22 heavy (non-hydrogen) atoms. The topological polar surface area (TPSA) is 9.23 Å². The van der Waals surface area contributed by atoms with Gasteiger partial charge in [-0.05, 0) is 81.9 Å². The van der Waals surface area contributed by atoms with E-state index in [4.69, 9.17) is 4.74 Å². The molecule has 1 aromatic carbocycles. The van der Waals surface area contributed by atoms with Crippen molar-refractivity contribution in [1.29, 1.82) is 0 Å². The van der Waals surface area contributed by atoms with Gasteiger partial charge in [0, 0.05) is 0 Å². The average Bonchev–Trinajstić information content (AvgIpc) is 2.52. The van der Waals surface area contributed by atoms with E-state index < -0.39 is 11.6 Å². The quantitative estimate of drug-likeness (QED) is 0.671. The Morgan fingerprint density at radius 1 is 1.09 bits per heavy atom. The van der Waals surface area contributed by atoms with E-state index in [-0.39, 0.29) is 11.9 Å². The van der Waals surface area contributed by atoms with Gasteiger partial charge < -0.3 is 4.74 Å². The smallest absolute Gasteiger partial charge is 0.201 e. The minimum Gasteiger partial charge on any atom is -0.487 e. The highest BCUT2D eigenvalue weighted by atomic mass is 19.2. The predicted molar refractivity (Wildman–Crippen MR) is 84.2 cm³/mol. The summed E-state index contributed by atoms with van der Waals surface area (Å²) >= 11 is 0. The third-order valence-electron chi connectivity index (χ3n) is 5.08. The van der Waals surface area contributed by atoms with Crippen molar-refractivity contribution in [2.45, 2.75) is 64.9 Å². The molecule has 1 aromatic rings. The molecule has 0 N–H and O–H groups in total. The molecule has 3 rings (SSSR count). The lowest BCUT2D eigenvalue weighted by molar-refractivity contribution is 0.144. The fourth-order valence-electron chi connectivity index (χ4n) is 3.57. The van der Waals surface area contributed by atoms with Gasteiger partial charge >= 0.3 is 0 Å². The molecule has 0 radical (unpaired) electrons. The Labute approximate surface area is 131 Å². The van der Waals surface area contributed by atoms with Gasteiger partial charge in [0.25, 0.3) is 0 Å². The Morgan fingerprint density at radius 3 is 2.64 bits per heavy atom. The number of allylic oxidation sites excluding steroid dienone is 2. The zero-order chi connectivity index (χ0) is 15.7. The first-order valence-corrected chi connectivity index (χ1v) is 8.34. The highest BCUT2D eigenvalue weighted by molar-refractivity contribution is 5.41. The maximum absolute atomic E-state index is 14.0. The van der Waals surface area contributed by atoms with Crippen LogP contribution in [0.3, 0.4) is 0 Å². The number of benzene rings is 1. The first kappa shape index (κ1) is 15.5. The van der Waals surface area contributed by atoms with Gasteiger partial charge in [-0.15, -0.1) is 0 Å². The number of hydrogen-bond donors (Lipinski definition) is 0. The van der Waals surface area contributed by atoms with Gasteiger partial charge in [0.2, 0.25) is 5.82 Å². The van der Waals surface area contributed by atoms with E-state index in [1.54, 1.807) is 13.0 Å². The van der Waals surface area contributed by atoms with Crippen LogP contribution in [0.15, 0.2) is 17.7 Å². The lowest BCUT2D eigenvalue weighted by atomic mass is 9.85. The maximum atomic E-state index is 14.0. The van der Waals surface area contributed by atoms with Gasteiger partial charge in [-0.2, -0.15) is 4.39 Å². The number of halogens is 2. The van der Waals surface area contributed by atoms with Crippen LogP contribution in [-0.4, -0.2) is 6.10 Å². The number of hydrogen-bond acceptors (Lipinski definition) is 1. The van der Waals surface area contributed by atoms with Crippen molar-refractivity contribution in [3.63, 3.8) is 0 Å². The SMILES string of the molecule is CC1=CCC(CCC2CCc3cc(C)c(F)c(F)c3O2)CC1. The van der Waals surface area contributed by atoms with E-state index in [0.29, 0.717) is 11.5 Å². The van der Waals surface area contributed by atoms with Crippen LogP contribution in [0.4, 0.5) is 8.78 Å². The van der Waals surface area contributed by atoms with E-state index in [9.17, 15) is 8.78 Å². The van der Waals surface area contributed by atoms with Crippen molar-refractivity contribution in [3.8, 4) is 5.75 Å². The Kier molecular flexibility index (Phi) is 4.51. The molecule has 0 saturated carbocycles. The van der Waals surface area contributed by atoms with Gasteiger partial charge in [-0.1, -0.05) is 11.6 Å². The second kappa shape index (κ2) is 6.39. The molecule has 1 aliphatic heterocycles. The van der Waals surface area contributed by atoms with Crippen molar-refractivity contribution in [2.24, 2.45) is 5.92 Å². The number of rotatable bonds is 3. The summed E-state index contributed by atoms with van der Waals surface area (Å²) in [4.78, 5) is 0. The van der Waals surface area contributed by atoms with Crippen LogP contribution in [0.2, 0.25) is 0 Å². The minimum atomic E-state index is -0.809. The van der Waals surface area contributed by atoms with Gasteiger partial charge in [-0.3, -0.25) is 0 Å². The molecular formula is C19H24F2O. The lowest BCUT2D eigenvalue weighted by Gasteiger charge is -2.29. The van der Waals surface area contributed by atoms with Crippen molar-refractivity contribution in [2.75, 3.05) is 0 Å². The van der Waals surface area contributed by atoms with Crippen LogP contribution < -0.4 is 4.74 Å². The summed E-state index contributed by atoms with van der Waals surface area (Å²) in [6, 6.07) is 1.72. The normalized spacial score (nSPS) is 24.5. The van der Waals surface area contributed by atoms with Gasteiger partial charge in [0.05, 0.1) is 6.10 Å². The molecule has 0 bridgehead atoms. The molecule has 1 nitrogen and oxygen atoms in total. The molecule has 0 saturated heterocycles. The van der Waals surface area contributed by atoms with E-state index in [1.807, 2.05) is 0 Å². The summed E-state index contributed by atoms with van der Waals surface area (Å²) in [7, 11) is 0. The predicted octanol–water partition coefficient (Wildman–Crippen LogP) is 5.49. The molecule has 2 aliphatic rings. The van der Waals surface area contributed by atoms with E-state index in [1.165, 1.54) is 18.4 Å². The fraction of sp³-hybridized carbons (Fsp3) is 0.579. The van der Waals surface area contributed by atoms with E-state index in [2.05, 4.69) is 13.0 Å². The number of ether oxygens (including phenoxy) is 1. The average molecular weight is 306 g/mol. The molecular weight excluding hydrogens is 282 g/mol. The fourth-order valence-corrected chi connectivity index (χ4v) is 3.57. The molecule has 1 heterocycles. The zero-order valence-corrected chi connectivity index (χ0v) is 13.4. The molecule has 0 spiro atoms. The van der Waals surface area contributed by atoms with Crippen molar-refractivity contribution in [3.05, 3.63) is 40.5 Å². The zero-order valence-electron chi connectivity index (χ0n) is 13.4. The third kappa shape index (κ3) is 3.18. The van der Waals surface area contributed by atoms with E-state index in [0.717, 1.165) is 37.7 Å². The van der Waals surface area contributed by atoms with Crippen LogP contribution in [0.5, 0.6) is 5.75 Å². The Morgan fingerprint density at radius 2 is 1.91 bits per heavy atom. The largest absolute Gasteiger partial charge is 0.487 e.